The maximum atomic E-state index is 9.27. The largest absolute Gasteiger partial charge is 0.395 e. The summed E-state index contributed by atoms with van der Waals surface area (Å²) in [5, 5.41) is 12.8. The van der Waals surface area contributed by atoms with Gasteiger partial charge in [0.15, 0.2) is 0 Å². The minimum atomic E-state index is 0.305. The van der Waals surface area contributed by atoms with Crippen LogP contribution in [-0.4, -0.2) is 48.3 Å². The highest BCUT2D eigenvalue weighted by Gasteiger charge is 2.32. The molecule has 0 aromatic heterocycles. The summed E-state index contributed by atoms with van der Waals surface area (Å²) < 4.78 is 0. The lowest BCUT2D eigenvalue weighted by atomic mass is 9.98. The monoisotopic (exact) mass is 240 g/mol. The van der Waals surface area contributed by atoms with E-state index in [0.29, 0.717) is 12.6 Å². The Bertz CT molecular complexity index is 216. The molecule has 3 nitrogen and oxygen atoms in total. The lowest BCUT2D eigenvalue weighted by Crippen LogP contribution is -2.46. The number of nitrogens with one attached hydrogen (secondary N) is 1. The molecule has 3 unspecified atom stereocenters. The van der Waals surface area contributed by atoms with Crippen molar-refractivity contribution < 1.29 is 5.11 Å². The van der Waals surface area contributed by atoms with Gasteiger partial charge < -0.3 is 10.4 Å². The van der Waals surface area contributed by atoms with Gasteiger partial charge in [0.1, 0.15) is 0 Å². The van der Waals surface area contributed by atoms with E-state index in [9.17, 15) is 5.11 Å². The number of rotatable bonds is 6. The SMILES string of the molecule is CCC1CCCC1N(CCO)CC1CCCN1. The minimum absolute atomic E-state index is 0.305. The summed E-state index contributed by atoms with van der Waals surface area (Å²) in [6.45, 7) is 5.80. The third-order valence-electron chi connectivity index (χ3n) is 4.62. The maximum absolute atomic E-state index is 9.27. The van der Waals surface area contributed by atoms with E-state index in [0.717, 1.165) is 25.0 Å². The number of nitrogens with zero attached hydrogens (tertiary/aromatic N) is 1. The van der Waals surface area contributed by atoms with Gasteiger partial charge in [-0.2, -0.15) is 0 Å². The molecule has 1 saturated carbocycles. The molecule has 0 aromatic rings. The van der Waals surface area contributed by atoms with Gasteiger partial charge in [0.05, 0.1) is 6.61 Å². The third-order valence-corrected chi connectivity index (χ3v) is 4.62. The van der Waals surface area contributed by atoms with E-state index in [-0.39, 0.29) is 0 Å². The average Bonchev–Trinajstić information content (AvgIpc) is 2.98. The molecule has 2 rings (SSSR count). The Labute approximate surface area is 106 Å². The van der Waals surface area contributed by atoms with E-state index in [2.05, 4.69) is 17.1 Å². The Morgan fingerprint density at radius 3 is 2.76 bits per heavy atom. The van der Waals surface area contributed by atoms with Crippen molar-refractivity contribution in [1.82, 2.24) is 10.2 Å². The highest BCUT2D eigenvalue weighted by molar-refractivity contribution is 4.88. The van der Waals surface area contributed by atoms with Gasteiger partial charge in [0.2, 0.25) is 0 Å². The molecule has 2 N–H and O–H groups in total. The van der Waals surface area contributed by atoms with Crippen molar-refractivity contribution in [2.45, 2.75) is 57.5 Å². The van der Waals surface area contributed by atoms with Gasteiger partial charge in [-0.3, -0.25) is 4.90 Å². The number of aliphatic hydroxyl groups is 1. The predicted molar refractivity (Wildman–Crippen MR) is 71.1 cm³/mol. The molecule has 100 valence electrons. The quantitative estimate of drug-likeness (QED) is 0.740. The molecule has 1 saturated heterocycles. The molecule has 3 heteroatoms. The van der Waals surface area contributed by atoms with Gasteiger partial charge in [-0.1, -0.05) is 19.8 Å². The fourth-order valence-electron chi connectivity index (χ4n) is 3.69. The molecule has 0 amide bonds. The Hall–Kier alpha value is -0.120. The van der Waals surface area contributed by atoms with Crippen LogP contribution >= 0.6 is 0 Å². The highest BCUT2D eigenvalue weighted by atomic mass is 16.3. The van der Waals surface area contributed by atoms with E-state index < -0.39 is 0 Å². The molecule has 1 aliphatic carbocycles. The molecular formula is C14H28N2O. The standard InChI is InChI=1S/C14H28N2O/c1-2-12-5-3-7-14(12)16(9-10-17)11-13-6-4-8-15-13/h12-15,17H,2-11H2,1H3. The predicted octanol–water partition coefficient (Wildman–Crippen LogP) is 1.61. The summed E-state index contributed by atoms with van der Waals surface area (Å²) in [6.07, 6.45) is 8.03. The van der Waals surface area contributed by atoms with Crippen LogP contribution < -0.4 is 5.32 Å². The summed E-state index contributed by atoms with van der Waals surface area (Å²) in [6, 6.07) is 1.40. The molecule has 0 aromatic carbocycles. The first-order chi connectivity index (χ1) is 8.35. The van der Waals surface area contributed by atoms with Crippen molar-refractivity contribution >= 4 is 0 Å². The summed E-state index contributed by atoms with van der Waals surface area (Å²) in [5.74, 6) is 0.864. The first-order valence-corrected chi connectivity index (χ1v) is 7.43. The van der Waals surface area contributed by atoms with Gasteiger partial charge in [-0.05, 0) is 38.1 Å². The van der Waals surface area contributed by atoms with Crippen LogP contribution in [0.1, 0.15) is 45.4 Å². The van der Waals surface area contributed by atoms with Crippen LogP contribution in [0.4, 0.5) is 0 Å². The summed E-state index contributed by atoms with van der Waals surface area (Å²) in [7, 11) is 0. The molecule has 0 bridgehead atoms. The van der Waals surface area contributed by atoms with E-state index in [4.69, 9.17) is 0 Å². The van der Waals surface area contributed by atoms with Crippen LogP contribution in [-0.2, 0) is 0 Å². The zero-order valence-corrected chi connectivity index (χ0v) is 11.2. The van der Waals surface area contributed by atoms with Crippen molar-refractivity contribution in [2.75, 3.05) is 26.2 Å². The number of aliphatic hydroxyl groups excluding tert-OH is 1. The lowest BCUT2D eigenvalue weighted by Gasteiger charge is -2.34. The molecule has 1 heterocycles. The van der Waals surface area contributed by atoms with Gasteiger partial charge >= 0.3 is 0 Å². The Morgan fingerprint density at radius 2 is 2.12 bits per heavy atom. The summed E-state index contributed by atoms with van der Waals surface area (Å²) >= 11 is 0. The smallest absolute Gasteiger partial charge is 0.0558 e. The summed E-state index contributed by atoms with van der Waals surface area (Å²) in [5.41, 5.74) is 0. The van der Waals surface area contributed by atoms with Gasteiger partial charge in [0, 0.05) is 25.2 Å². The van der Waals surface area contributed by atoms with E-state index >= 15 is 0 Å². The van der Waals surface area contributed by atoms with Gasteiger partial charge in [0.25, 0.3) is 0 Å². The fraction of sp³-hybridized carbons (Fsp3) is 1.00. The van der Waals surface area contributed by atoms with Gasteiger partial charge in [-0.25, -0.2) is 0 Å². The lowest BCUT2D eigenvalue weighted by molar-refractivity contribution is 0.115. The topological polar surface area (TPSA) is 35.5 Å². The van der Waals surface area contributed by atoms with Gasteiger partial charge in [-0.15, -0.1) is 0 Å². The Morgan fingerprint density at radius 1 is 1.24 bits per heavy atom. The second-order valence-corrected chi connectivity index (χ2v) is 5.68. The normalized spacial score (nSPS) is 33.7. The van der Waals surface area contributed by atoms with Crippen LogP contribution in [0.15, 0.2) is 0 Å². The average molecular weight is 240 g/mol. The minimum Gasteiger partial charge on any atom is -0.395 e. The number of hydrogen-bond donors (Lipinski definition) is 2. The third kappa shape index (κ3) is 3.43. The van der Waals surface area contributed by atoms with Crippen LogP contribution in [0, 0.1) is 5.92 Å². The van der Waals surface area contributed by atoms with E-state index in [1.165, 1.54) is 45.1 Å². The molecule has 2 fully saturated rings. The zero-order valence-electron chi connectivity index (χ0n) is 11.2. The van der Waals surface area contributed by atoms with E-state index in [1.54, 1.807) is 0 Å². The van der Waals surface area contributed by atoms with E-state index in [1.807, 2.05) is 0 Å². The van der Waals surface area contributed by atoms with Crippen LogP contribution in [0.3, 0.4) is 0 Å². The van der Waals surface area contributed by atoms with Crippen LogP contribution in [0.5, 0.6) is 0 Å². The van der Waals surface area contributed by atoms with Crippen LogP contribution in [0.25, 0.3) is 0 Å². The fourth-order valence-corrected chi connectivity index (χ4v) is 3.69. The van der Waals surface area contributed by atoms with Crippen molar-refractivity contribution in [2.24, 2.45) is 5.92 Å². The zero-order chi connectivity index (χ0) is 12.1. The second-order valence-electron chi connectivity index (χ2n) is 5.68. The Kier molecular flexibility index (Phi) is 5.26. The second kappa shape index (κ2) is 6.72. The maximum Gasteiger partial charge on any atom is 0.0558 e. The van der Waals surface area contributed by atoms with Crippen molar-refractivity contribution in [3.8, 4) is 0 Å². The molecule has 3 atom stereocenters. The molecule has 0 radical (unpaired) electrons. The molecule has 1 aliphatic heterocycles. The number of hydrogen-bond acceptors (Lipinski definition) is 3. The highest BCUT2D eigenvalue weighted by Crippen LogP contribution is 2.32. The molecule has 0 spiro atoms. The van der Waals surface area contributed by atoms with Crippen molar-refractivity contribution in [1.29, 1.82) is 0 Å². The van der Waals surface area contributed by atoms with Crippen LogP contribution in [0.2, 0.25) is 0 Å². The van der Waals surface area contributed by atoms with Crippen molar-refractivity contribution in [3.05, 3.63) is 0 Å². The molecule has 17 heavy (non-hydrogen) atoms. The summed E-state index contributed by atoms with van der Waals surface area (Å²) in [4.78, 5) is 2.56. The first kappa shape index (κ1) is 13.3. The molecule has 2 aliphatic rings. The first-order valence-electron chi connectivity index (χ1n) is 7.43. The Balaban J connectivity index is 1.90. The van der Waals surface area contributed by atoms with Crippen molar-refractivity contribution in [3.63, 3.8) is 0 Å². The molecular weight excluding hydrogens is 212 g/mol.